The standard InChI is InChI=1S/C22H30O6Si/c1-22(2,3)28-14-17(23)18(24)19(25)20(26)21(27)29(15-10-6-4-7-11-15)16-12-8-5-9-13-16/h4-13,17-20,23-26,29H,14H2,1-3H3/t17-,18-,19+,20-/m1/s1. The van der Waals surface area contributed by atoms with Gasteiger partial charge in [0.2, 0.25) is 0 Å². The van der Waals surface area contributed by atoms with Crippen molar-refractivity contribution in [1.82, 2.24) is 0 Å². The first kappa shape index (κ1) is 23.4. The molecule has 0 heterocycles. The number of carbonyl (C=O) groups is 1. The zero-order valence-corrected chi connectivity index (χ0v) is 18.1. The maximum Gasteiger partial charge on any atom is 0.181 e. The third-order valence-corrected chi connectivity index (χ3v) is 7.61. The van der Waals surface area contributed by atoms with Crippen LogP contribution in [-0.2, 0) is 9.53 Å². The van der Waals surface area contributed by atoms with Crippen molar-refractivity contribution in [2.45, 2.75) is 50.8 Å². The van der Waals surface area contributed by atoms with Gasteiger partial charge in [-0.25, -0.2) is 0 Å². The molecule has 4 atom stereocenters. The number of benzene rings is 2. The molecule has 0 saturated heterocycles. The summed E-state index contributed by atoms with van der Waals surface area (Å²) >= 11 is 0. The van der Waals surface area contributed by atoms with E-state index in [2.05, 4.69) is 0 Å². The number of carbonyl (C=O) groups excluding carboxylic acids is 1. The van der Waals surface area contributed by atoms with Gasteiger partial charge in [-0.3, -0.25) is 0 Å². The molecule has 2 rings (SSSR count). The second-order valence-corrected chi connectivity index (χ2v) is 10.8. The predicted molar refractivity (Wildman–Crippen MR) is 114 cm³/mol. The molecule has 0 aliphatic heterocycles. The molecule has 29 heavy (non-hydrogen) atoms. The van der Waals surface area contributed by atoms with E-state index >= 15 is 0 Å². The van der Waals surface area contributed by atoms with E-state index in [1.165, 1.54) is 0 Å². The summed E-state index contributed by atoms with van der Waals surface area (Å²) in [7, 11) is -2.55. The van der Waals surface area contributed by atoms with Gasteiger partial charge in [-0.05, 0) is 31.1 Å². The van der Waals surface area contributed by atoms with Crippen molar-refractivity contribution in [3.63, 3.8) is 0 Å². The van der Waals surface area contributed by atoms with E-state index in [4.69, 9.17) is 4.74 Å². The summed E-state index contributed by atoms with van der Waals surface area (Å²) in [6.45, 7) is 5.13. The summed E-state index contributed by atoms with van der Waals surface area (Å²) in [6.07, 6.45) is -6.83. The molecule has 2 aromatic carbocycles. The summed E-state index contributed by atoms with van der Waals surface area (Å²) in [4.78, 5) is 13.2. The Hall–Kier alpha value is -1.87. The Balaban J connectivity index is 2.20. The smallest absolute Gasteiger partial charge is 0.181 e. The van der Waals surface area contributed by atoms with Crippen LogP contribution in [0.2, 0.25) is 0 Å². The number of ether oxygens (including phenoxy) is 1. The number of hydrogen-bond donors (Lipinski definition) is 4. The van der Waals surface area contributed by atoms with Crippen LogP contribution >= 0.6 is 0 Å². The average Bonchev–Trinajstić information content (AvgIpc) is 2.71. The van der Waals surface area contributed by atoms with Crippen molar-refractivity contribution in [2.24, 2.45) is 0 Å². The maximum atomic E-state index is 13.2. The first-order valence-electron chi connectivity index (χ1n) is 9.61. The van der Waals surface area contributed by atoms with Gasteiger partial charge in [-0.2, -0.15) is 0 Å². The Morgan fingerprint density at radius 2 is 1.31 bits per heavy atom. The zero-order valence-electron chi connectivity index (χ0n) is 17.0. The van der Waals surface area contributed by atoms with Gasteiger partial charge in [0.25, 0.3) is 0 Å². The van der Waals surface area contributed by atoms with Gasteiger partial charge in [-0.15, -0.1) is 0 Å². The van der Waals surface area contributed by atoms with Crippen molar-refractivity contribution in [3.05, 3.63) is 60.7 Å². The van der Waals surface area contributed by atoms with Gasteiger partial charge < -0.3 is 30.0 Å². The average molecular weight is 419 g/mol. The Labute approximate surface area is 173 Å². The second kappa shape index (κ2) is 10.2. The molecule has 4 N–H and O–H groups in total. The summed E-state index contributed by atoms with van der Waals surface area (Å²) in [5.41, 5.74) is -0.543. The van der Waals surface area contributed by atoms with E-state index in [9.17, 15) is 25.2 Å². The summed E-state index contributed by atoms with van der Waals surface area (Å²) in [5, 5.41) is 42.3. The Morgan fingerprint density at radius 3 is 1.72 bits per heavy atom. The van der Waals surface area contributed by atoms with Gasteiger partial charge in [0.05, 0.1) is 12.2 Å². The quantitative estimate of drug-likeness (QED) is 0.405. The normalized spacial score (nSPS) is 16.3. The molecule has 0 saturated carbocycles. The number of aliphatic hydroxyl groups excluding tert-OH is 4. The highest BCUT2D eigenvalue weighted by Gasteiger charge is 2.39. The molecule has 0 unspecified atom stereocenters. The topological polar surface area (TPSA) is 107 Å². The lowest BCUT2D eigenvalue weighted by Gasteiger charge is -2.29. The van der Waals surface area contributed by atoms with Crippen LogP contribution in [0, 0.1) is 0 Å². The minimum atomic E-state index is -2.55. The van der Waals surface area contributed by atoms with Crippen molar-refractivity contribution >= 4 is 24.6 Å². The van der Waals surface area contributed by atoms with Gasteiger partial charge in [0.1, 0.15) is 29.8 Å². The van der Waals surface area contributed by atoms with Crippen LogP contribution in [0.5, 0.6) is 0 Å². The third kappa shape index (κ3) is 6.57. The highest BCUT2D eigenvalue weighted by molar-refractivity contribution is 7.08. The monoisotopic (exact) mass is 418 g/mol. The molecular weight excluding hydrogens is 388 g/mol. The van der Waals surface area contributed by atoms with Crippen molar-refractivity contribution < 1.29 is 30.0 Å². The lowest BCUT2D eigenvalue weighted by Crippen LogP contribution is -2.58. The van der Waals surface area contributed by atoms with E-state index in [1.54, 1.807) is 20.8 Å². The molecular formula is C22H30O6Si. The Morgan fingerprint density at radius 1 is 0.862 bits per heavy atom. The molecule has 2 aromatic rings. The van der Waals surface area contributed by atoms with Crippen LogP contribution in [0.25, 0.3) is 0 Å². The molecule has 0 fully saturated rings. The van der Waals surface area contributed by atoms with Crippen LogP contribution in [0.3, 0.4) is 0 Å². The fourth-order valence-corrected chi connectivity index (χ4v) is 5.79. The first-order chi connectivity index (χ1) is 13.6. The van der Waals surface area contributed by atoms with E-state index in [1.807, 2.05) is 60.7 Å². The van der Waals surface area contributed by atoms with E-state index in [0.29, 0.717) is 0 Å². The van der Waals surface area contributed by atoms with Crippen LogP contribution < -0.4 is 10.4 Å². The summed E-state index contributed by atoms with van der Waals surface area (Å²) < 4.78 is 5.41. The Kier molecular flexibility index (Phi) is 8.27. The van der Waals surface area contributed by atoms with Crippen LogP contribution in [0.4, 0.5) is 0 Å². The van der Waals surface area contributed by atoms with Gasteiger partial charge >= 0.3 is 0 Å². The third-order valence-electron chi connectivity index (χ3n) is 4.60. The number of rotatable bonds is 9. The van der Waals surface area contributed by atoms with E-state index in [-0.39, 0.29) is 6.61 Å². The molecule has 0 aliphatic rings. The first-order valence-corrected chi connectivity index (χ1v) is 11.3. The van der Waals surface area contributed by atoms with Gasteiger partial charge in [-0.1, -0.05) is 60.7 Å². The zero-order chi connectivity index (χ0) is 21.6. The van der Waals surface area contributed by atoms with Crippen molar-refractivity contribution in [1.29, 1.82) is 0 Å². The molecule has 0 bridgehead atoms. The largest absolute Gasteiger partial charge is 0.388 e. The number of hydrogen-bond acceptors (Lipinski definition) is 6. The Bertz CT molecular complexity index is 722. The fourth-order valence-electron chi connectivity index (χ4n) is 3.00. The molecule has 7 heteroatoms. The SMILES string of the molecule is CC(C)(C)OC[C@@H](O)[C@@H](O)[C@H](O)[C@@H](O)C(=O)[SiH](c1ccccc1)c1ccccc1. The molecule has 0 aromatic heterocycles. The highest BCUT2D eigenvalue weighted by atomic mass is 28.3. The molecule has 0 aliphatic carbocycles. The highest BCUT2D eigenvalue weighted by Crippen LogP contribution is 2.12. The molecule has 6 nitrogen and oxygen atoms in total. The van der Waals surface area contributed by atoms with Crippen LogP contribution in [0.1, 0.15) is 20.8 Å². The lowest BCUT2D eigenvalue weighted by molar-refractivity contribution is -0.148. The molecule has 158 valence electrons. The lowest BCUT2D eigenvalue weighted by atomic mass is 10.0. The van der Waals surface area contributed by atoms with E-state index < -0.39 is 44.2 Å². The van der Waals surface area contributed by atoms with Crippen molar-refractivity contribution in [3.8, 4) is 0 Å². The number of aliphatic hydroxyl groups is 4. The van der Waals surface area contributed by atoms with E-state index in [0.717, 1.165) is 10.4 Å². The van der Waals surface area contributed by atoms with Crippen LogP contribution in [-0.4, -0.2) is 71.3 Å². The summed E-state index contributed by atoms with van der Waals surface area (Å²) in [5.74, 6) is 0. The summed E-state index contributed by atoms with van der Waals surface area (Å²) in [6, 6.07) is 18.2. The van der Waals surface area contributed by atoms with Crippen LogP contribution in [0.15, 0.2) is 60.7 Å². The maximum absolute atomic E-state index is 13.2. The second-order valence-electron chi connectivity index (χ2n) is 8.07. The molecule has 0 spiro atoms. The van der Waals surface area contributed by atoms with Crippen molar-refractivity contribution in [2.75, 3.05) is 6.61 Å². The predicted octanol–water partition coefficient (Wildman–Crippen LogP) is -0.605. The fraction of sp³-hybridized carbons (Fsp3) is 0.409. The minimum absolute atomic E-state index is 0.235. The van der Waals surface area contributed by atoms with Gasteiger partial charge in [0.15, 0.2) is 8.80 Å². The molecule has 0 radical (unpaired) electrons. The molecule has 0 amide bonds. The minimum Gasteiger partial charge on any atom is -0.388 e. The van der Waals surface area contributed by atoms with Gasteiger partial charge in [0, 0.05) is 0 Å².